The van der Waals surface area contributed by atoms with Gasteiger partial charge in [-0.05, 0) is 76.9 Å². The van der Waals surface area contributed by atoms with E-state index in [1.807, 2.05) is 67.3 Å². The first-order valence-corrected chi connectivity index (χ1v) is 11.5. The van der Waals surface area contributed by atoms with Gasteiger partial charge in [0, 0.05) is 36.3 Å². The maximum absolute atomic E-state index is 12.7. The number of hydrogen-bond acceptors (Lipinski definition) is 3. The van der Waals surface area contributed by atoms with Gasteiger partial charge in [-0.25, -0.2) is 0 Å². The minimum Gasteiger partial charge on any atom is -0.339 e. The molecule has 0 unspecified atom stereocenters. The highest BCUT2D eigenvalue weighted by Gasteiger charge is 2.31. The fraction of sp³-hybridized carbons (Fsp3) is 0.462. The van der Waals surface area contributed by atoms with Crippen LogP contribution in [0.5, 0.6) is 0 Å². The number of amides is 2. The molecule has 2 aliphatic heterocycles. The minimum atomic E-state index is 0.0840. The maximum atomic E-state index is 12.7. The maximum Gasteiger partial charge on any atom is 0.253 e. The molecule has 2 amide bonds. The number of carbonyl (C=O) groups is 2. The summed E-state index contributed by atoms with van der Waals surface area (Å²) in [6.07, 6.45) is 3.83. The second kappa shape index (κ2) is 9.65. The summed E-state index contributed by atoms with van der Waals surface area (Å²) in [7, 11) is 0. The number of likely N-dealkylation sites (tertiary alicyclic amines) is 2. The summed E-state index contributed by atoms with van der Waals surface area (Å²) in [5.74, 6) is 0.368. The molecule has 164 valence electrons. The lowest BCUT2D eigenvalue weighted by atomic mass is 9.92. The van der Waals surface area contributed by atoms with Crippen LogP contribution in [-0.2, 0) is 4.79 Å². The smallest absolute Gasteiger partial charge is 0.253 e. The number of anilines is 1. The molecular formula is C26H33N3O2. The molecule has 0 radical (unpaired) electrons. The summed E-state index contributed by atoms with van der Waals surface area (Å²) in [4.78, 5) is 29.9. The molecule has 5 nitrogen and oxygen atoms in total. The Morgan fingerprint density at radius 2 is 1.32 bits per heavy atom. The van der Waals surface area contributed by atoms with Crippen LogP contribution in [0.25, 0.3) is 0 Å². The Bertz CT molecular complexity index is 891. The molecule has 2 aromatic rings. The van der Waals surface area contributed by atoms with Gasteiger partial charge in [-0.3, -0.25) is 9.59 Å². The van der Waals surface area contributed by atoms with Crippen molar-refractivity contribution >= 4 is 17.5 Å². The van der Waals surface area contributed by atoms with Gasteiger partial charge < -0.3 is 15.1 Å². The minimum absolute atomic E-state index is 0.0840. The summed E-state index contributed by atoms with van der Waals surface area (Å²) >= 11 is 0. The van der Waals surface area contributed by atoms with Gasteiger partial charge in [0.25, 0.3) is 5.91 Å². The summed E-state index contributed by atoms with van der Waals surface area (Å²) < 4.78 is 0. The van der Waals surface area contributed by atoms with Crippen molar-refractivity contribution in [1.82, 2.24) is 9.80 Å². The molecular weight excluding hydrogens is 386 g/mol. The quantitative estimate of drug-likeness (QED) is 0.806. The van der Waals surface area contributed by atoms with Crippen molar-refractivity contribution in [3.05, 3.63) is 65.2 Å². The molecule has 0 atom stereocenters. The molecule has 0 bridgehead atoms. The van der Waals surface area contributed by atoms with Gasteiger partial charge in [-0.2, -0.15) is 0 Å². The zero-order valence-electron chi connectivity index (χ0n) is 18.6. The Labute approximate surface area is 185 Å². The third-order valence-electron chi connectivity index (χ3n) is 6.79. The SMILES string of the molecule is Cc1ccc(NC(=O)C2CCN(C3CCN(C(=O)c4ccc(C)cc4)CC3)CC2)cc1. The normalized spacial score (nSPS) is 18.7. The molecule has 2 aromatic carbocycles. The van der Waals surface area contributed by atoms with E-state index in [-0.39, 0.29) is 17.7 Å². The van der Waals surface area contributed by atoms with E-state index < -0.39 is 0 Å². The highest BCUT2D eigenvalue weighted by molar-refractivity contribution is 5.94. The second-order valence-electron chi connectivity index (χ2n) is 9.05. The number of aryl methyl sites for hydroxylation is 2. The molecule has 4 rings (SSSR count). The Morgan fingerprint density at radius 1 is 0.774 bits per heavy atom. The second-order valence-corrected chi connectivity index (χ2v) is 9.05. The van der Waals surface area contributed by atoms with Gasteiger partial charge in [0.2, 0.25) is 5.91 Å². The van der Waals surface area contributed by atoms with E-state index in [4.69, 9.17) is 0 Å². The molecule has 31 heavy (non-hydrogen) atoms. The summed E-state index contributed by atoms with van der Waals surface area (Å²) in [5.41, 5.74) is 4.03. The monoisotopic (exact) mass is 419 g/mol. The predicted octanol–water partition coefficient (Wildman–Crippen LogP) is 4.26. The Hall–Kier alpha value is -2.66. The number of hydrogen-bond donors (Lipinski definition) is 1. The Morgan fingerprint density at radius 3 is 1.90 bits per heavy atom. The fourth-order valence-corrected chi connectivity index (χ4v) is 4.72. The molecule has 5 heteroatoms. The van der Waals surface area contributed by atoms with Crippen molar-refractivity contribution < 1.29 is 9.59 Å². The number of benzene rings is 2. The molecule has 0 saturated carbocycles. The third kappa shape index (κ3) is 5.34. The van der Waals surface area contributed by atoms with E-state index in [1.165, 1.54) is 11.1 Å². The number of nitrogens with one attached hydrogen (secondary N) is 1. The molecule has 0 aliphatic carbocycles. The van der Waals surface area contributed by atoms with Crippen LogP contribution in [0.1, 0.15) is 47.2 Å². The first-order valence-electron chi connectivity index (χ1n) is 11.5. The summed E-state index contributed by atoms with van der Waals surface area (Å²) in [5, 5.41) is 3.07. The lowest BCUT2D eigenvalue weighted by molar-refractivity contribution is -0.121. The van der Waals surface area contributed by atoms with Gasteiger partial charge >= 0.3 is 0 Å². The van der Waals surface area contributed by atoms with Crippen molar-refractivity contribution in [3.63, 3.8) is 0 Å². The largest absolute Gasteiger partial charge is 0.339 e. The summed E-state index contributed by atoms with van der Waals surface area (Å²) in [6, 6.07) is 16.3. The predicted molar refractivity (Wildman–Crippen MR) is 124 cm³/mol. The highest BCUT2D eigenvalue weighted by Crippen LogP contribution is 2.25. The average Bonchev–Trinajstić information content (AvgIpc) is 2.81. The van der Waals surface area contributed by atoms with E-state index in [2.05, 4.69) is 10.2 Å². The Kier molecular flexibility index (Phi) is 6.71. The first kappa shape index (κ1) is 21.6. The topological polar surface area (TPSA) is 52.7 Å². The van der Waals surface area contributed by atoms with E-state index in [0.29, 0.717) is 6.04 Å². The van der Waals surface area contributed by atoms with E-state index in [9.17, 15) is 9.59 Å². The van der Waals surface area contributed by atoms with Crippen LogP contribution in [0, 0.1) is 19.8 Å². The molecule has 2 fully saturated rings. The standard InChI is InChI=1S/C26H33N3O2/c1-19-3-7-22(8-4-19)26(31)29-17-13-24(14-18-29)28-15-11-21(12-16-28)25(30)27-23-9-5-20(2)6-10-23/h3-10,21,24H,11-18H2,1-2H3,(H,27,30). The third-order valence-corrected chi connectivity index (χ3v) is 6.79. The van der Waals surface area contributed by atoms with E-state index in [1.54, 1.807) is 0 Å². The fourth-order valence-electron chi connectivity index (χ4n) is 4.72. The number of piperidine rings is 2. The van der Waals surface area contributed by atoms with Crippen LogP contribution in [0.2, 0.25) is 0 Å². The van der Waals surface area contributed by atoms with Crippen LogP contribution in [0.15, 0.2) is 48.5 Å². The molecule has 0 aromatic heterocycles. The zero-order chi connectivity index (χ0) is 21.8. The van der Waals surface area contributed by atoms with Crippen molar-refractivity contribution in [2.75, 3.05) is 31.5 Å². The lowest BCUT2D eigenvalue weighted by Gasteiger charge is -2.41. The Balaban J connectivity index is 1.22. The first-order chi connectivity index (χ1) is 15.0. The van der Waals surface area contributed by atoms with Crippen LogP contribution in [0.3, 0.4) is 0 Å². The van der Waals surface area contributed by atoms with Crippen molar-refractivity contribution in [1.29, 1.82) is 0 Å². The molecule has 0 spiro atoms. The zero-order valence-corrected chi connectivity index (χ0v) is 18.6. The van der Waals surface area contributed by atoms with Crippen molar-refractivity contribution in [3.8, 4) is 0 Å². The van der Waals surface area contributed by atoms with E-state index in [0.717, 1.165) is 63.1 Å². The van der Waals surface area contributed by atoms with Gasteiger partial charge in [0.05, 0.1) is 0 Å². The van der Waals surface area contributed by atoms with Crippen LogP contribution < -0.4 is 5.32 Å². The van der Waals surface area contributed by atoms with Gasteiger partial charge in [0.1, 0.15) is 0 Å². The summed E-state index contributed by atoms with van der Waals surface area (Å²) in [6.45, 7) is 7.63. The van der Waals surface area contributed by atoms with Gasteiger partial charge in [-0.1, -0.05) is 35.4 Å². The number of rotatable bonds is 4. The van der Waals surface area contributed by atoms with Crippen molar-refractivity contribution in [2.24, 2.45) is 5.92 Å². The van der Waals surface area contributed by atoms with Gasteiger partial charge in [0.15, 0.2) is 0 Å². The van der Waals surface area contributed by atoms with Crippen LogP contribution in [-0.4, -0.2) is 53.8 Å². The van der Waals surface area contributed by atoms with Crippen LogP contribution >= 0.6 is 0 Å². The lowest BCUT2D eigenvalue weighted by Crippen LogP contribution is -2.49. The number of nitrogens with zero attached hydrogens (tertiary/aromatic N) is 2. The molecule has 1 N–H and O–H groups in total. The average molecular weight is 420 g/mol. The molecule has 2 heterocycles. The number of carbonyl (C=O) groups excluding carboxylic acids is 2. The molecule has 2 saturated heterocycles. The van der Waals surface area contributed by atoms with Crippen molar-refractivity contribution in [2.45, 2.75) is 45.6 Å². The van der Waals surface area contributed by atoms with Gasteiger partial charge in [-0.15, -0.1) is 0 Å². The van der Waals surface area contributed by atoms with Crippen LogP contribution in [0.4, 0.5) is 5.69 Å². The van der Waals surface area contributed by atoms with E-state index >= 15 is 0 Å². The highest BCUT2D eigenvalue weighted by atomic mass is 16.2. The molecule has 2 aliphatic rings.